The molecule has 0 saturated heterocycles. The first-order chi connectivity index (χ1) is 16.4. The van der Waals surface area contributed by atoms with E-state index in [2.05, 4.69) is 15.4 Å². The topological polar surface area (TPSA) is 112 Å². The number of aryl methyl sites for hydroxylation is 1. The van der Waals surface area contributed by atoms with Crippen LogP contribution in [0.3, 0.4) is 0 Å². The summed E-state index contributed by atoms with van der Waals surface area (Å²) in [7, 11) is 0. The number of halogens is 1. The predicted octanol–water partition coefficient (Wildman–Crippen LogP) is 3.74. The van der Waals surface area contributed by atoms with E-state index in [4.69, 9.17) is 21.1 Å². The lowest BCUT2D eigenvalue weighted by Gasteiger charge is -2.12. The van der Waals surface area contributed by atoms with E-state index in [1.54, 1.807) is 42.5 Å². The molecule has 0 saturated carbocycles. The molecule has 0 atom stereocenters. The number of carbonyl (C=O) groups is 2. The Labute approximate surface area is 202 Å². The van der Waals surface area contributed by atoms with Gasteiger partial charge in [0, 0.05) is 6.07 Å². The van der Waals surface area contributed by atoms with Crippen LogP contribution in [-0.4, -0.2) is 33.1 Å². The molecule has 0 unspecified atom stereocenters. The molecule has 0 radical (unpaired) electrons. The van der Waals surface area contributed by atoms with Crippen LogP contribution in [0.4, 0.5) is 5.69 Å². The van der Waals surface area contributed by atoms with E-state index < -0.39 is 11.9 Å². The second-order valence-electron chi connectivity index (χ2n) is 7.02. The van der Waals surface area contributed by atoms with Gasteiger partial charge >= 0.3 is 5.97 Å². The van der Waals surface area contributed by atoms with Crippen molar-refractivity contribution in [3.8, 4) is 5.75 Å². The van der Waals surface area contributed by atoms with Gasteiger partial charge in [-0.05, 0) is 30.7 Å². The van der Waals surface area contributed by atoms with Crippen LogP contribution in [0.1, 0.15) is 28.0 Å². The molecule has 0 aliphatic carbocycles. The summed E-state index contributed by atoms with van der Waals surface area (Å²) in [4.78, 5) is 42.1. The van der Waals surface area contributed by atoms with E-state index >= 15 is 0 Å². The standard InChI is InChI=1S/C23H19ClN4O5S/c1-2-20-27-28-21(30)11-14(25-23(28)34-20)12-33-22(31)15-7-3-5-9-17(15)26-19(29)13-32-18-10-6-4-8-16(18)24/h3-11H,2,12-13H2,1H3,(H,26,29). The second-order valence-corrected chi connectivity index (χ2v) is 8.47. The monoisotopic (exact) mass is 498 g/mol. The number of hydrogen-bond donors (Lipinski definition) is 1. The maximum atomic E-state index is 12.7. The van der Waals surface area contributed by atoms with Gasteiger partial charge in [-0.1, -0.05) is 54.1 Å². The summed E-state index contributed by atoms with van der Waals surface area (Å²) in [6, 6.07) is 14.5. The minimum Gasteiger partial charge on any atom is -0.482 e. The SMILES string of the molecule is CCc1nn2c(=O)cc(COC(=O)c3ccccc3NC(=O)COc3ccccc3Cl)nc2s1. The van der Waals surface area contributed by atoms with Crippen molar-refractivity contribution in [2.45, 2.75) is 20.0 Å². The first-order valence-corrected chi connectivity index (χ1v) is 11.5. The van der Waals surface area contributed by atoms with Crippen LogP contribution in [0.25, 0.3) is 4.96 Å². The van der Waals surface area contributed by atoms with Gasteiger partial charge in [0.05, 0.1) is 22.0 Å². The number of esters is 1. The normalized spacial score (nSPS) is 10.8. The molecular weight excluding hydrogens is 480 g/mol. The lowest BCUT2D eigenvalue weighted by atomic mass is 10.2. The fourth-order valence-corrected chi connectivity index (χ4v) is 4.04. The van der Waals surface area contributed by atoms with Crippen molar-refractivity contribution >= 4 is 45.5 Å². The fraction of sp³-hybridized carbons (Fsp3) is 0.174. The minimum absolute atomic E-state index is 0.150. The molecule has 34 heavy (non-hydrogen) atoms. The third-order valence-corrected chi connectivity index (χ3v) is 5.97. The molecule has 1 N–H and O–H groups in total. The average molecular weight is 499 g/mol. The Bertz CT molecular complexity index is 1420. The van der Waals surface area contributed by atoms with Crippen LogP contribution in [-0.2, 0) is 22.6 Å². The molecule has 0 fully saturated rings. The molecular formula is C23H19ClN4O5S. The minimum atomic E-state index is -0.677. The van der Waals surface area contributed by atoms with Crippen LogP contribution >= 0.6 is 22.9 Å². The molecule has 174 valence electrons. The van der Waals surface area contributed by atoms with Crippen molar-refractivity contribution in [3.05, 3.63) is 86.2 Å². The molecule has 4 rings (SSSR count). The Hall–Kier alpha value is -3.76. The number of nitrogens with zero attached hydrogens (tertiary/aromatic N) is 3. The van der Waals surface area contributed by atoms with Gasteiger partial charge in [-0.15, -0.1) is 0 Å². The number of nitrogens with one attached hydrogen (secondary N) is 1. The van der Waals surface area contributed by atoms with Gasteiger partial charge in [-0.3, -0.25) is 9.59 Å². The zero-order valence-corrected chi connectivity index (χ0v) is 19.6. The highest BCUT2D eigenvalue weighted by atomic mass is 35.5. The zero-order valence-electron chi connectivity index (χ0n) is 18.0. The number of hydrogen-bond acceptors (Lipinski definition) is 8. The Morgan fingerprint density at radius 2 is 1.91 bits per heavy atom. The Kier molecular flexibility index (Phi) is 7.19. The number of benzene rings is 2. The number of aromatic nitrogens is 3. The molecule has 0 aliphatic rings. The van der Waals surface area contributed by atoms with E-state index in [9.17, 15) is 14.4 Å². The number of carbonyl (C=O) groups excluding carboxylic acids is 2. The van der Waals surface area contributed by atoms with Crippen LogP contribution < -0.4 is 15.6 Å². The molecule has 11 heteroatoms. The van der Waals surface area contributed by atoms with Crippen molar-refractivity contribution in [1.29, 1.82) is 0 Å². The summed E-state index contributed by atoms with van der Waals surface area (Å²) in [5.41, 5.74) is 0.369. The lowest BCUT2D eigenvalue weighted by Crippen LogP contribution is -2.22. The maximum Gasteiger partial charge on any atom is 0.340 e. The average Bonchev–Trinajstić information content (AvgIpc) is 3.26. The van der Waals surface area contributed by atoms with Gasteiger partial charge in [0.2, 0.25) is 4.96 Å². The highest BCUT2D eigenvalue weighted by Crippen LogP contribution is 2.23. The van der Waals surface area contributed by atoms with Gasteiger partial charge in [0.15, 0.2) is 6.61 Å². The highest BCUT2D eigenvalue weighted by molar-refractivity contribution is 7.16. The molecule has 2 aromatic carbocycles. The van der Waals surface area contributed by atoms with Crippen molar-refractivity contribution in [1.82, 2.24) is 14.6 Å². The van der Waals surface area contributed by atoms with Crippen molar-refractivity contribution in [2.24, 2.45) is 0 Å². The number of amides is 1. The molecule has 9 nitrogen and oxygen atoms in total. The number of para-hydroxylation sites is 2. The molecule has 0 spiro atoms. The predicted molar refractivity (Wildman–Crippen MR) is 128 cm³/mol. The van der Waals surface area contributed by atoms with Crippen molar-refractivity contribution < 1.29 is 19.1 Å². The Morgan fingerprint density at radius 3 is 2.71 bits per heavy atom. The van der Waals surface area contributed by atoms with Crippen LogP contribution in [0.2, 0.25) is 5.02 Å². The Morgan fingerprint density at radius 1 is 1.15 bits per heavy atom. The summed E-state index contributed by atoms with van der Waals surface area (Å²) >= 11 is 7.33. The summed E-state index contributed by atoms with van der Waals surface area (Å²) in [6.07, 6.45) is 0.684. The van der Waals surface area contributed by atoms with Gasteiger partial charge in [-0.2, -0.15) is 9.61 Å². The lowest BCUT2D eigenvalue weighted by molar-refractivity contribution is -0.118. The first kappa shape index (κ1) is 23.4. The van der Waals surface area contributed by atoms with E-state index in [0.717, 1.165) is 5.01 Å². The van der Waals surface area contributed by atoms with Crippen LogP contribution in [0.15, 0.2) is 59.4 Å². The third kappa shape index (κ3) is 5.41. The number of rotatable bonds is 8. The largest absolute Gasteiger partial charge is 0.482 e. The van der Waals surface area contributed by atoms with Crippen LogP contribution in [0.5, 0.6) is 5.75 Å². The highest BCUT2D eigenvalue weighted by Gasteiger charge is 2.16. The number of anilines is 1. The zero-order chi connectivity index (χ0) is 24.1. The summed E-state index contributed by atoms with van der Waals surface area (Å²) in [6.45, 7) is 1.43. The van der Waals surface area contributed by atoms with E-state index in [1.807, 2.05) is 6.92 Å². The fourth-order valence-electron chi connectivity index (χ4n) is 2.99. The van der Waals surface area contributed by atoms with Crippen LogP contribution in [0, 0.1) is 0 Å². The first-order valence-electron chi connectivity index (χ1n) is 10.3. The second kappa shape index (κ2) is 10.4. The third-order valence-electron chi connectivity index (χ3n) is 4.61. The van der Waals surface area contributed by atoms with Gasteiger partial charge in [-0.25, -0.2) is 9.78 Å². The Balaban J connectivity index is 1.41. The maximum absolute atomic E-state index is 12.7. The van der Waals surface area contributed by atoms with E-state index in [0.29, 0.717) is 27.8 Å². The molecule has 2 aromatic heterocycles. The van der Waals surface area contributed by atoms with Gasteiger partial charge in [0.1, 0.15) is 17.4 Å². The molecule has 4 aromatic rings. The summed E-state index contributed by atoms with van der Waals surface area (Å²) in [5, 5.41) is 7.99. The van der Waals surface area contributed by atoms with Gasteiger partial charge < -0.3 is 14.8 Å². The summed E-state index contributed by atoms with van der Waals surface area (Å²) in [5.74, 6) is -0.778. The van der Waals surface area contributed by atoms with Crippen molar-refractivity contribution in [2.75, 3.05) is 11.9 Å². The summed E-state index contributed by atoms with van der Waals surface area (Å²) < 4.78 is 12.0. The number of fused-ring (bicyclic) bond motifs is 1. The quantitative estimate of drug-likeness (QED) is 0.368. The van der Waals surface area contributed by atoms with E-state index in [1.165, 1.54) is 28.0 Å². The number of ether oxygens (including phenoxy) is 2. The molecule has 0 bridgehead atoms. The molecule has 1 amide bonds. The molecule has 0 aliphatic heterocycles. The van der Waals surface area contributed by atoms with E-state index in [-0.39, 0.29) is 30.0 Å². The van der Waals surface area contributed by atoms with Crippen molar-refractivity contribution in [3.63, 3.8) is 0 Å². The van der Waals surface area contributed by atoms with Gasteiger partial charge in [0.25, 0.3) is 11.5 Å². The smallest absolute Gasteiger partial charge is 0.340 e. The molecule has 2 heterocycles.